The molecular formula is C14H21N5O3Si. The van der Waals surface area contributed by atoms with Crippen LogP contribution in [0.2, 0.25) is 25.7 Å². The fourth-order valence-corrected chi connectivity index (χ4v) is 2.91. The van der Waals surface area contributed by atoms with E-state index >= 15 is 0 Å². The minimum atomic E-state index is -1.17. The number of imidazole rings is 1. The summed E-state index contributed by atoms with van der Waals surface area (Å²) in [4.78, 5) is 31.8. The van der Waals surface area contributed by atoms with Crippen molar-refractivity contribution in [2.24, 2.45) is 7.05 Å². The molecule has 0 N–H and O–H groups in total. The van der Waals surface area contributed by atoms with Crippen molar-refractivity contribution < 1.29 is 4.74 Å². The molecule has 0 atom stereocenters. The zero-order chi connectivity index (χ0) is 17.2. The number of fused-ring (bicyclic) bond motifs is 1. The van der Waals surface area contributed by atoms with Crippen molar-refractivity contribution in [1.29, 1.82) is 0 Å². The Bertz CT molecular complexity index is 866. The van der Waals surface area contributed by atoms with Crippen molar-refractivity contribution >= 4 is 19.2 Å². The van der Waals surface area contributed by atoms with Gasteiger partial charge in [-0.2, -0.15) is 4.57 Å². The van der Waals surface area contributed by atoms with Gasteiger partial charge in [0.2, 0.25) is 0 Å². The van der Waals surface area contributed by atoms with Gasteiger partial charge >= 0.3 is 5.69 Å². The molecule has 0 aliphatic heterocycles. The number of ether oxygens (including phenoxy) is 1. The number of nitrogens with zero attached hydrogens (tertiary/aromatic N) is 5. The molecule has 0 bridgehead atoms. The van der Waals surface area contributed by atoms with Crippen molar-refractivity contribution in [1.82, 2.24) is 18.7 Å². The molecule has 0 radical (unpaired) electrons. The lowest BCUT2D eigenvalue weighted by atomic mass is 10.5. The van der Waals surface area contributed by atoms with E-state index in [4.69, 9.17) is 11.3 Å². The number of hydrogen-bond donors (Lipinski definition) is 0. The Labute approximate surface area is 134 Å². The van der Waals surface area contributed by atoms with Crippen molar-refractivity contribution in [3.05, 3.63) is 38.6 Å². The van der Waals surface area contributed by atoms with E-state index in [9.17, 15) is 9.59 Å². The Morgan fingerprint density at radius 2 is 2.04 bits per heavy atom. The number of hydrogen-bond acceptors (Lipinski definition) is 4. The second-order valence-corrected chi connectivity index (χ2v) is 12.2. The third kappa shape index (κ3) is 3.60. The zero-order valence-electron chi connectivity index (χ0n) is 13.9. The van der Waals surface area contributed by atoms with Gasteiger partial charge in [-0.05, 0) is 6.04 Å². The highest BCUT2D eigenvalue weighted by molar-refractivity contribution is 6.76. The van der Waals surface area contributed by atoms with Gasteiger partial charge in [0.1, 0.15) is 6.73 Å². The van der Waals surface area contributed by atoms with Crippen molar-refractivity contribution in [2.75, 3.05) is 6.61 Å². The van der Waals surface area contributed by atoms with Gasteiger partial charge in [-0.25, -0.2) is 16.4 Å². The topological polar surface area (TPSA) is 75.4 Å². The van der Waals surface area contributed by atoms with Crippen LogP contribution in [-0.4, -0.2) is 33.4 Å². The third-order valence-electron chi connectivity index (χ3n) is 3.54. The standard InChI is InChI=1S/C14H21N5O3Si/c1-15-8-19-13(20)11-12(17(2)14(19)21)16-9-18(11)10-22-6-7-23(3,4)5/h9H,6-8,10H2,2-5H3. The van der Waals surface area contributed by atoms with E-state index in [1.165, 1.54) is 17.9 Å². The van der Waals surface area contributed by atoms with E-state index in [2.05, 4.69) is 29.5 Å². The fraction of sp³-hybridized carbons (Fsp3) is 0.571. The number of rotatable bonds is 6. The summed E-state index contributed by atoms with van der Waals surface area (Å²) in [5.74, 6) is 0. The van der Waals surface area contributed by atoms with Crippen LogP contribution in [0, 0.1) is 6.57 Å². The predicted molar refractivity (Wildman–Crippen MR) is 89.9 cm³/mol. The number of aromatic nitrogens is 4. The van der Waals surface area contributed by atoms with Crippen LogP contribution >= 0.6 is 0 Å². The molecule has 23 heavy (non-hydrogen) atoms. The van der Waals surface area contributed by atoms with Gasteiger partial charge in [-0.3, -0.25) is 14.2 Å². The van der Waals surface area contributed by atoms with Crippen LogP contribution < -0.4 is 11.2 Å². The lowest BCUT2D eigenvalue weighted by molar-refractivity contribution is 0.0896. The van der Waals surface area contributed by atoms with E-state index in [0.717, 1.165) is 10.6 Å². The zero-order valence-corrected chi connectivity index (χ0v) is 14.9. The Balaban J connectivity index is 2.35. The second-order valence-electron chi connectivity index (χ2n) is 6.61. The summed E-state index contributed by atoms with van der Waals surface area (Å²) in [5.41, 5.74) is -0.465. The Kier molecular flexibility index (Phi) is 4.87. The van der Waals surface area contributed by atoms with E-state index in [1.54, 1.807) is 4.57 Å². The second kappa shape index (κ2) is 6.52. The molecule has 2 aromatic heterocycles. The molecule has 0 saturated heterocycles. The first-order valence-corrected chi connectivity index (χ1v) is 11.0. The molecule has 2 aromatic rings. The SMILES string of the molecule is [C-]#[N+]Cn1c(=O)c2c(ncn2COCC[Si](C)(C)C)n(C)c1=O. The summed E-state index contributed by atoms with van der Waals surface area (Å²) < 4.78 is 9.42. The molecule has 0 amide bonds. The predicted octanol–water partition coefficient (Wildman–Crippen LogP) is 1.09. The third-order valence-corrected chi connectivity index (χ3v) is 5.24. The average molecular weight is 335 g/mol. The smallest absolute Gasteiger partial charge is 0.338 e. The minimum absolute atomic E-state index is 0.201. The molecule has 124 valence electrons. The van der Waals surface area contributed by atoms with Crippen LogP contribution in [0.4, 0.5) is 0 Å². The summed E-state index contributed by atoms with van der Waals surface area (Å²) in [6.07, 6.45) is 1.49. The van der Waals surface area contributed by atoms with E-state index < -0.39 is 19.3 Å². The summed E-state index contributed by atoms with van der Waals surface area (Å²) in [6, 6.07) is 1.03. The van der Waals surface area contributed by atoms with Crippen molar-refractivity contribution in [2.45, 2.75) is 39.1 Å². The Hall–Kier alpha value is -2.18. The highest BCUT2D eigenvalue weighted by Gasteiger charge is 2.17. The molecule has 0 spiro atoms. The van der Waals surface area contributed by atoms with E-state index in [-0.39, 0.29) is 18.9 Å². The van der Waals surface area contributed by atoms with Gasteiger partial charge in [0.05, 0.1) is 6.33 Å². The van der Waals surface area contributed by atoms with Crippen LogP contribution in [0.3, 0.4) is 0 Å². The maximum Gasteiger partial charge on any atom is 0.338 e. The molecular weight excluding hydrogens is 314 g/mol. The lowest BCUT2D eigenvalue weighted by Gasteiger charge is -2.15. The Morgan fingerprint density at radius 3 is 2.65 bits per heavy atom. The summed E-state index contributed by atoms with van der Waals surface area (Å²) >= 11 is 0. The average Bonchev–Trinajstić information content (AvgIpc) is 2.89. The van der Waals surface area contributed by atoms with Gasteiger partial charge in [0.25, 0.3) is 12.2 Å². The van der Waals surface area contributed by atoms with Crippen molar-refractivity contribution in [3.63, 3.8) is 0 Å². The maximum atomic E-state index is 12.5. The molecule has 0 saturated carbocycles. The minimum Gasteiger partial charge on any atom is -0.361 e. The highest BCUT2D eigenvalue weighted by Crippen LogP contribution is 2.09. The van der Waals surface area contributed by atoms with Gasteiger partial charge in [0, 0.05) is 21.7 Å². The van der Waals surface area contributed by atoms with Crippen LogP contribution in [0.15, 0.2) is 15.9 Å². The molecule has 0 fully saturated rings. The molecule has 0 aromatic carbocycles. The molecule has 9 heteroatoms. The Morgan fingerprint density at radius 1 is 1.35 bits per heavy atom. The molecule has 8 nitrogen and oxygen atoms in total. The first-order valence-electron chi connectivity index (χ1n) is 7.32. The normalized spacial score (nSPS) is 11.8. The highest BCUT2D eigenvalue weighted by atomic mass is 28.3. The summed E-state index contributed by atoms with van der Waals surface area (Å²) in [5, 5.41) is 0. The quantitative estimate of drug-likeness (QED) is 0.450. The first kappa shape index (κ1) is 17.2. The largest absolute Gasteiger partial charge is 0.361 e. The van der Waals surface area contributed by atoms with Gasteiger partial charge < -0.3 is 9.30 Å². The summed E-state index contributed by atoms with van der Waals surface area (Å²) in [6.45, 7) is 14.2. The van der Waals surface area contributed by atoms with Gasteiger partial charge in [-0.15, -0.1) is 0 Å². The van der Waals surface area contributed by atoms with Crippen molar-refractivity contribution in [3.8, 4) is 0 Å². The first-order chi connectivity index (χ1) is 10.8. The van der Waals surface area contributed by atoms with Crippen LogP contribution in [0.25, 0.3) is 16.0 Å². The van der Waals surface area contributed by atoms with Gasteiger partial charge in [-0.1, -0.05) is 19.6 Å². The molecule has 0 aliphatic carbocycles. The van der Waals surface area contributed by atoms with Crippen LogP contribution in [0.1, 0.15) is 0 Å². The molecule has 0 unspecified atom stereocenters. The number of aryl methyl sites for hydroxylation is 1. The van der Waals surface area contributed by atoms with E-state index in [0.29, 0.717) is 12.3 Å². The van der Waals surface area contributed by atoms with Crippen LogP contribution in [0.5, 0.6) is 0 Å². The van der Waals surface area contributed by atoms with E-state index in [1.807, 2.05) is 0 Å². The maximum absolute atomic E-state index is 12.5. The molecule has 2 rings (SSSR count). The monoisotopic (exact) mass is 335 g/mol. The van der Waals surface area contributed by atoms with Crippen LogP contribution in [-0.2, 0) is 25.2 Å². The fourth-order valence-electron chi connectivity index (χ4n) is 2.16. The summed E-state index contributed by atoms with van der Waals surface area (Å²) in [7, 11) is 0.361. The molecule has 0 aliphatic rings. The van der Waals surface area contributed by atoms with Gasteiger partial charge in [0.15, 0.2) is 11.2 Å². The molecule has 2 heterocycles. The lowest BCUT2D eigenvalue weighted by Crippen LogP contribution is -2.39.